The molecule has 7 heteroatoms. The summed E-state index contributed by atoms with van der Waals surface area (Å²) in [6, 6.07) is 1.10. The molecular weight excluding hydrogens is 281 g/mol. The van der Waals surface area contributed by atoms with Crippen LogP contribution in [0.25, 0.3) is 0 Å². The van der Waals surface area contributed by atoms with Gasteiger partial charge in [-0.2, -0.15) is 18.2 Å². The molecule has 0 spiro atoms. The van der Waals surface area contributed by atoms with Crippen LogP contribution >= 0.6 is 0 Å². The maximum Gasteiger partial charge on any atom is 0.433 e. The molecule has 1 aromatic heterocycles. The molecule has 0 aromatic carbocycles. The summed E-state index contributed by atoms with van der Waals surface area (Å²) < 4.78 is 39.1. The lowest BCUT2D eigenvalue weighted by atomic mass is 10.2. The number of aromatic nitrogens is 2. The molecule has 3 fully saturated rings. The largest absolute Gasteiger partial charge is 0.433 e. The third kappa shape index (κ3) is 2.13. The Labute approximate surface area is 121 Å². The highest BCUT2D eigenvalue weighted by atomic mass is 19.4. The van der Waals surface area contributed by atoms with Gasteiger partial charge in [-0.3, -0.25) is 0 Å². The summed E-state index contributed by atoms with van der Waals surface area (Å²) in [5, 5.41) is 0. The van der Waals surface area contributed by atoms with E-state index in [2.05, 4.69) is 16.9 Å². The van der Waals surface area contributed by atoms with Crippen LogP contribution in [0.15, 0.2) is 6.07 Å². The Kier molecular flexibility index (Phi) is 2.65. The van der Waals surface area contributed by atoms with E-state index >= 15 is 0 Å². The third-order valence-corrected chi connectivity index (χ3v) is 5.08. The van der Waals surface area contributed by atoms with Crippen LogP contribution in [0.5, 0.6) is 0 Å². The van der Waals surface area contributed by atoms with Gasteiger partial charge in [-0.25, -0.2) is 4.98 Å². The van der Waals surface area contributed by atoms with Crippen LogP contribution in [0.1, 0.15) is 19.0 Å². The zero-order valence-electron chi connectivity index (χ0n) is 11.8. The Morgan fingerprint density at radius 1 is 1.10 bits per heavy atom. The van der Waals surface area contributed by atoms with E-state index in [1.807, 2.05) is 4.90 Å². The van der Waals surface area contributed by atoms with Crippen molar-refractivity contribution >= 4 is 11.8 Å². The summed E-state index contributed by atoms with van der Waals surface area (Å²) in [6.45, 7) is 5.32. The van der Waals surface area contributed by atoms with Crippen LogP contribution in [0.2, 0.25) is 0 Å². The van der Waals surface area contributed by atoms with Crippen LogP contribution in [0, 0.1) is 17.8 Å². The average Bonchev–Trinajstić information content (AvgIpc) is 2.81. The van der Waals surface area contributed by atoms with Crippen molar-refractivity contribution < 1.29 is 13.2 Å². The Morgan fingerprint density at radius 3 is 2.29 bits per heavy atom. The third-order valence-electron chi connectivity index (χ3n) is 5.08. The van der Waals surface area contributed by atoms with Crippen molar-refractivity contribution in [3.63, 3.8) is 0 Å². The van der Waals surface area contributed by atoms with Gasteiger partial charge in [0.05, 0.1) is 0 Å². The average molecular weight is 298 g/mol. The molecule has 2 unspecified atom stereocenters. The van der Waals surface area contributed by atoms with Crippen LogP contribution in [0.4, 0.5) is 24.9 Å². The van der Waals surface area contributed by atoms with Crippen molar-refractivity contribution in [2.24, 2.45) is 17.8 Å². The molecule has 0 radical (unpaired) electrons. The van der Waals surface area contributed by atoms with Crippen LogP contribution in [0.3, 0.4) is 0 Å². The van der Waals surface area contributed by atoms with E-state index < -0.39 is 11.9 Å². The quantitative estimate of drug-likeness (QED) is 0.839. The summed E-state index contributed by atoms with van der Waals surface area (Å²) in [5.74, 6) is 2.61. The Balaban J connectivity index is 1.66. The summed E-state index contributed by atoms with van der Waals surface area (Å²) in [6.07, 6.45) is -3.44. The number of rotatable bonds is 2. The lowest BCUT2D eigenvalue weighted by Gasteiger charge is -2.32. The number of anilines is 2. The van der Waals surface area contributed by atoms with Crippen LogP contribution in [-0.2, 0) is 6.18 Å². The predicted octanol–water partition coefficient (Wildman–Crippen LogP) is 2.41. The van der Waals surface area contributed by atoms with Crippen LogP contribution < -0.4 is 9.80 Å². The number of alkyl halides is 3. The minimum absolute atomic E-state index is 0.222. The lowest BCUT2D eigenvalue weighted by molar-refractivity contribution is -0.141. The predicted molar refractivity (Wildman–Crippen MR) is 72.2 cm³/mol. The number of piperidine rings is 1. The molecule has 0 N–H and O–H groups in total. The molecular formula is C14H17F3N4. The molecule has 2 saturated heterocycles. The summed E-state index contributed by atoms with van der Waals surface area (Å²) in [4.78, 5) is 11.9. The monoisotopic (exact) mass is 298 g/mol. The highest BCUT2D eigenvalue weighted by Gasteiger charge is 2.53. The fourth-order valence-electron chi connectivity index (χ4n) is 3.40. The van der Waals surface area contributed by atoms with E-state index in [0.717, 1.165) is 38.7 Å². The smallest absolute Gasteiger partial charge is 0.356 e. The van der Waals surface area contributed by atoms with E-state index in [-0.39, 0.29) is 5.95 Å². The van der Waals surface area contributed by atoms with Gasteiger partial charge in [0.15, 0.2) is 5.69 Å². The molecule has 1 aliphatic carbocycles. The number of halogens is 3. The topological polar surface area (TPSA) is 32.3 Å². The molecule has 0 amide bonds. The van der Waals surface area contributed by atoms with Gasteiger partial charge in [0.25, 0.3) is 0 Å². The maximum absolute atomic E-state index is 13.0. The Bertz CT molecular complexity index is 558. The molecule has 114 valence electrons. The van der Waals surface area contributed by atoms with E-state index in [0.29, 0.717) is 23.6 Å². The van der Waals surface area contributed by atoms with E-state index in [1.165, 1.54) is 0 Å². The first-order valence-electron chi connectivity index (χ1n) is 7.39. The van der Waals surface area contributed by atoms with Gasteiger partial charge in [0.2, 0.25) is 5.95 Å². The van der Waals surface area contributed by atoms with Gasteiger partial charge >= 0.3 is 6.18 Å². The molecule has 4 nitrogen and oxygen atoms in total. The van der Waals surface area contributed by atoms with Gasteiger partial charge in [0, 0.05) is 32.2 Å². The fourth-order valence-corrected chi connectivity index (χ4v) is 3.40. The maximum atomic E-state index is 13.0. The molecule has 2 atom stereocenters. The van der Waals surface area contributed by atoms with Crippen molar-refractivity contribution in [1.29, 1.82) is 0 Å². The minimum Gasteiger partial charge on any atom is -0.356 e. The molecule has 4 rings (SSSR count). The summed E-state index contributed by atoms with van der Waals surface area (Å²) >= 11 is 0. The number of hydrogen-bond acceptors (Lipinski definition) is 4. The highest BCUT2D eigenvalue weighted by Crippen LogP contribution is 2.52. The van der Waals surface area contributed by atoms with Gasteiger partial charge in [-0.1, -0.05) is 6.92 Å². The van der Waals surface area contributed by atoms with Gasteiger partial charge < -0.3 is 9.80 Å². The zero-order chi connectivity index (χ0) is 14.8. The first kappa shape index (κ1) is 13.2. The molecule has 21 heavy (non-hydrogen) atoms. The van der Waals surface area contributed by atoms with E-state index in [4.69, 9.17) is 0 Å². The number of fused-ring (bicyclic) bond motifs is 1. The summed E-state index contributed by atoms with van der Waals surface area (Å²) in [7, 11) is 0. The second kappa shape index (κ2) is 4.24. The number of nitrogens with zero attached hydrogens (tertiary/aromatic N) is 4. The molecule has 3 aliphatic rings. The zero-order valence-corrected chi connectivity index (χ0v) is 11.8. The fraction of sp³-hybridized carbons (Fsp3) is 0.714. The SMILES string of the molecule is CC1C2CN(c3cc(C(F)(F)F)nc(N4CCC4)n3)CC12. The van der Waals surface area contributed by atoms with E-state index in [1.54, 1.807) is 4.90 Å². The van der Waals surface area contributed by atoms with Crippen molar-refractivity contribution in [3.8, 4) is 0 Å². The minimum atomic E-state index is -4.42. The highest BCUT2D eigenvalue weighted by molar-refractivity contribution is 5.49. The molecule has 2 aliphatic heterocycles. The van der Waals surface area contributed by atoms with Crippen LogP contribution in [-0.4, -0.2) is 36.1 Å². The second-order valence-electron chi connectivity index (χ2n) is 6.34. The van der Waals surface area contributed by atoms with Gasteiger partial charge in [0.1, 0.15) is 5.82 Å². The van der Waals surface area contributed by atoms with Crippen molar-refractivity contribution in [1.82, 2.24) is 9.97 Å². The van der Waals surface area contributed by atoms with Crippen molar-refractivity contribution in [2.45, 2.75) is 19.5 Å². The molecule has 3 heterocycles. The second-order valence-corrected chi connectivity index (χ2v) is 6.34. The van der Waals surface area contributed by atoms with Crippen molar-refractivity contribution in [2.75, 3.05) is 36.0 Å². The Hall–Kier alpha value is -1.53. The molecule has 1 saturated carbocycles. The lowest BCUT2D eigenvalue weighted by Crippen LogP contribution is -2.39. The first-order chi connectivity index (χ1) is 9.93. The normalized spacial score (nSPS) is 31.1. The van der Waals surface area contributed by atoms with E-state index in [9.17, 15) is 13.2 Å². The van der Waals surface area contributed by atoms with Crippen molar-refractivity contribution in [3.05, 3.63) is 11.8 Å². The van der Waals surface area contributed by atoms with Gasteiger partial charge in [-0.05, 0) is 24.2 Å². The Morgan fingerprint density at radius 2 is 1.76 bits per heavy atom. The molecule has 1 aromatic rings. The first-order valence-corrected chi connectivity index (χ1v) is 7.39. The molecule has 0 bridgehead atoms. The van der Waals surface area contributed by atoms with Gasteiger partial charge in [-0.15, -0.1) is 0 Å². The number of hydrogen-bond donors (Lipinski definition) is 0. The summed E-state index contributed by atoms with van der Waals surface area (Å²) in [5.41, 5.74) is -0.831. The standard InChI is InChI=1S/C14H17F3N4/c1-8-9-6-21(7-10(8)9)12-5-11(14(15,16)17)18-13(19-12)20-3-2-4-20/h5,8-10H,2-4,6-7H2,1H3.